The first-order valence-corrected chi connectivity index (χ1v) is 11.3. The number of anilines is 2. The highest BCUT2D eigenvalue weighted by atomic mass is 16.6. The number of benzene rings is 2. The molecule has 0 aliphatic carbocycles. The molecule has 4 heterocycles. The van der Waals surface area contributed by atoms with Crippen LogP contribution in [0.2, 0.25) is 0 Å². The third kappa shape index (κ3) is 2.94. The molecule has 0 saturated carbocycles. The maximum absolute atomic E-state index is 13.9. The van der Waals surface area contributed by atoms with Gasteiger partial charge in [-0.25, -0.2) is 4.90 Å². The number of amides is 2. The number of non-ortho nitro benzene ring substituents is 1. The lowest BCUT2D eigenvalue weighted by Gasteiger charge is -2.36. The first kappa shape index (κ1) is 21.8. The quantitative estimate of drug-likeness (QED) is 0.233. The topological polar surface area (TPSA) is 123 Å². The molecule has 0 spiro atoms. The van der Waals surface area contributed by atoms with Crippen molar-refractivity contribution in [2.45, 2.75) is 12.1 Å². The molecule has 1 aromatic heterocycles. The van der Waals surface area contributed by atoms with E-state index < -0.39 is 46.4 Å². The second-order valence-corrected chi connectivity index (χ2v) is 8.78. The molecular formula is C26H19N3O7. The Morgan fingerprint density at radius 1 is 1.03 bits per heavy atom. The van der Waals surface area contributed by atoms with Gasteiger partial charge in [0.1, 0.15) is 17.5 Å². The number of para-hydroxylation sites is 1. The van der Waals surface area contributed by atoms with Gasteiger partial charge in [-0.3, -0.25) is 24.5 Å². The van der Waals surface area contributed by atoms with Crippen molar-refractivity contribution in [1.82, 2.24) is 0 Å². The van der Waals surface area contributed by atoms with E-state index >= 15 is 0 Å². The number of fused-ring (bicyclic) bond motifs is 5. The van der Waals surface area contributed by atoms with Crippen LogP contribution in [0.5, 0.6) is 5.75 Å². The summed E-state index contributed by atoms with van der Waals surface area (Å²) in [7, 11) is 1.35. The van der Waals surface area contributed by atoms with Gasteiger partial charge < -0.3 is 14.1 Å². The molecule has 2 amide bonds. The largest absolute Gasteiger partial charge is 0.495 e. The number of ether oxygens (including phenoxy) is 1. The van der Waals surface area contributed by atoms with Crippen LogP contribution in [-0.4, -0.2) is 41.7 Å². The number of nitrogens with zero attached hydrogens (tertiary/aromatic N) is 3. The first-order chi connectivity index (χ1) is 17.4. The number of furan rings is 1. The Labute approximate surface area is 204 Å². The molecule has 10 heteroatoms. The Morgan fingerprint density at radius 3 is 2.53 bits per heavy atom. The number of Topliss-reactive ketones (excluding diaryl/α,β-unsaturated/α-hetero) is 1. The van der Waals surface area contributed by atoms with E-state index in [0.29, 0.717) is 0 Å². The predicted molar refractivity (Wildman–Crippen MR) is 128 cm³/mol. The zero-order valence-corrected chi connectivity index (χ0v) is 18.9. The molecule has 0 N–H and O–H groups in total. The summed E-state index contributed by atoms with van der Waals surface area (Å²) in [5, 5.41) is 11.4. The van der Waals surface area contributed by atoms with Crippen LogP contribution in [0.4, 0.5) is 17.1 Å². The van der Waals surface area contributed by atoms with Crippen molar-refractivity contribution in [3.05, 3.63) is 88.4 Å². The first-order valence-electron chi connectivity index (χ1n) is 11.3. The average molecular weight is 485 g/mol. The SMILES string of the molecule is COc1ccc([N+](=O)[O-])cc1N1C(=O)[C@@H]2[C@@H](C1=O)[C@@H]1C=Cc3ccccc3N1[C@@H]2C(=O)c1ccco1. The fourth-order valence-corrected chi connectivity index (χ4v) is 5.58. The Hall–Kier alpha value is -4.73. The Kier molecular flexibility index (Phi) is 4.78. The van der Waals surface area contributed by atoms with Gasteiger partial charge in [0.15, 0.2) is 5.76 Å². The standard InChI is InChI=1S/C26H19N3O7/c1-35-19-11-9-15(29(33)34)13-18(19)28-25(31)21-17-10-8-14-5-2-3-6-16(14)27(17)23(22(21)26(28)32)24(30)20-7-4-12-36-20/h2-13,17,21-23H,1H3/t17-,21-,22+,23-/m0/s1. The van der Waals surface area contributed by atoms with Gasteiger partial charge in [-0.15, -0.1) is 0 Å². The minimum Gasteiger partial charge on any atom is -0.495 e. The zero-order valence-electron chi connectivity index (χ0n) is 18.9. The van der Waals surface area contributed by atoms with E-state index in [-0.39, 0.29) is 22.9 Å². The number of carbonyl (C=O) groups is 3. The van der Waals surface area contributed by atoms with Crippen molar-refractivity contribution in [2.75, 3.05) is 16.9 Å². The van der Waals surface area contributed by atoms with Crippen molar-refractivity contribution in [1.29, 1.82) is 0 Å². The van der Waals surface area contributed by atoms with Crippen molar-refractivity contribution in [3.63, 3.8) is 0 Å². The molecule has 3 aliphatic heterocycles. The van der Waals surface area contributed by atoms with Gasteiger partial charge >= 0.3 is 0 Å². The van der Waals surface area contributed by atoms with Crippen LogP contribution in [0.1, 0.15) is 16.1 Å². The fourth-order valence-electron chi connectivity index (χ4n) is 5.58. The zero-order chi connectivity index (χ0) is 25.1. The normalized spacial score (nSPS) is 23.9. The Morgan fingerprint density at radius 2 is 1.81 bits per heavy atom. The minimum atomic E-state index is -1.03. The molecule has 0 unspecified atom stereocenters. The highest BCUT2D eigenvalue weighted by Gasteiger charge is 2.65. The summed E-state index contributed by atoms with van der Waals surface area (Å²) in [4.78, 5) is 55.1. The number of methoxy groups -OCH3 is 1. The van der Waals surface area contributed by atoms with Gasteiger partial charge in [0.05, 0.1) is 36.2 Å². The lowest BCUT2D eigenvalue weighted by atomic mass is 9.87. The molecule has 10 nitrogen and oxygen atoms in total. The van der Waals surface area contributed by atoms with E-state index in [1.807, 2.05) is 41.3 Å². The van der Waals surface area contributed by atoms with Crippen molar-refractivity contribution < 1.29 is 28.5 Å². The second kappa shape index (κ2) is 7.91. The smallest absolute Gasteiger partial charge is 0.271 e. The number of rotatable bonds is 5. The summed E-state index contributed by atoms with van der Waals surface area (Å²) in [5.41, 5.74) is 1.29. The molecule has 2 fully saturated rings. The second-order valence-electron chi connectivity index (χ2n) is 8.78. The number of ketones is 1. The predicted octanol–water partition coefficient (Wildman–Crippen LogP) is 3.47. The van der Waals surface area contributed by atoms with E-state index in [1.165, 1.54) is 31.6 Å². The number of carbonyl (C=O) groups excluding carboxylic acids is 3. The average Bonchev–Trinajstić information content (AvgIpc) is 3.60. The molecule has 2 aromatic carbocycles. The molecule has 2 saturated heterocycles. The monoisotopic (exact) mass is 485 g/mol. The number of imide groups is 1. The maximum atomic E-state index is 13.9. The molecular weight excluding hydrogens is 466 g/mol. The highest BCUT2D eigenvalue weighted by Crippen LogP contribution is 2.51. The minimum absolute atomic E-state index is 0.0213. The summed E-state index contributed by atoms with van der Waals surface area (Å²) in [5.74, 6) is -3.27. The summed E-state index contributed by atoms with van der Waals surface area (Å²) in [6.07, 6.45) is 5.08. The van der Waals surface area contributed by atoms with Gasteiger partial charge in [-0.1, -0.05) is 30.4 Å². The van der Waals surface area contributed by atoms with Crippen LogP contribution in [-0.2, 0) is 9.59 Å². The summed E-state index contributed by atoms with van der Waals surface area (Å²) in [6.45, 7) is 0. The number of nitro benzene ring substituents is 1. The van der Waals surface area contributed by atoms with Gasteiger partial charge in [-0.2, -0.15) is 0 Å². The summed E-state index contributed by atoms with van der Waals surface area (Å²) in [6, 6.07) is 12.7. The van der Waals surface area contributed by atoms with Gasteiger partial charge in [-0.05, 0) is 29.8 Å². The molecule has 0 bridgehead atoms. The highest BCUT2D eigenvalue weighted by molar-refractivity contribution is 6.26. The van der Waals surface area contributed by atoms with E-state index in [1.54, 1.807) is 6.07 Å². The maximum Gasteiger partial charge on any atom is 0.271 e. The van der Waals surface area contributed by atoms with E-state index in [0.717, 1.165) is 22.2 Å². The van der Waals surface area contributed by atoms with Crippen molar-refractivity contribution >= 4 is 40.7 Å². The van der Waals surface area contributed by atoms with Crippen LogP contribution in [0.3, 0.4) is 0 Å². The molecule has 36 heavy (non-hydrogen) atoms. The molecule has 0 radical (unpaired) electrons. The van der Waals surface area contributed by atoms with E-state index in [9.17, 15) is 24.5 Å². The van der Waals surface area contributed by atoms with Gasteiger partial charge in [0, 0.05) is 17.8 Å². The van der Waals surface area contributed by atoms with E-state index in [2.05, 4.69) is 0 Å². The van der Waals surface area contributed by atoms with Gasteiger partial charge in [0.25, 0.3) is 5.69 Å². The van der Waals surface area contributed by atoms with Crippen LogP contribution < -0.4 is 14.5 Å². The van der Waals surface area contributed by atoms with Gasteiger partial charge in [0.2, 0.25) is 17.6 Å². The number of hydrogen-bond acceptors (Lipinski definition) is 8. The van der Waals surface area contributed by atoms with Crippen LogP contribution in [0.15, 0.2) is 71.4 Å². The molecule has 180 valence electrons. The Bertz CT molecular complexity index is 1460. The van der Waals surface area contributed by atoms with Crippen molar-refractivity contribution in [2.24, 2.45) is 11.8 Å². The lowest BCUT2D eigenvalue weighted by Crippen LogP contribution is -2.48. The molecule has 3 aromatic rings. The summed E-state index contributed by atoms with van der Waals surface area (Å²) < 4.78 is 10.7. The third-order valence-electron chi connectivity index (χ3n) is 7.06. The third-order valence-corrected chi connectivity index (χ3v) is 7.06. The molecule has 4 atom stereocenters. The fraction of sp³-hybridized carbons (Fsp3) is 0.192. The Balaban J connectivity index is 1.51. The lowest BCUT2D eigenvalue weighted by molar-refractivity contribution is -0.384. The van der Waals surface area contributed by atoms with Crippen LogP contribution in [0, 0.1) is 22.0 Å². The molecule has 6 rings (SSSR count). The van der Waals surface area contributed by atoms with Crippen molar-refractivity contribution in [3.8, 4) is 5.75 Å². The van der Waals surface area contributed by atoms with Crippen LogP contribution >= 0.6 is 0 Å². The summed E-state index contributed by atoms with van der Waals surface area (Å²) >= 11 is 0. The molecule has 3 aliphatic rings. The number of hydrogen-bond donors (Lipinski definition) is 0. The van der Waals surface area contributed by atoms with E-state index in [4.69, 9.17) is 9.15 Å². The number of nitro groups is 1. The van der Waals surface area contributed by atoms with Crippen LogP contribution in [0.25, 0.3) is 6.08 Å².